The second-order valence-corrected chi connectivity index (χ2v) is 6.56. The second kappa shape index (κ2) is 9.22. The van der Waals surface area contributed by atoms with Gasteiger partial charge in [-0.2, -0.15) is 0 Å². The van der Waals surface area contributed by atoms with E-state index in [-0.39, 0.29) is 11.9 Å². The molecule has 0 bridgehead atoms. The number of thiophene rings is 1. The SMILES string of the molecule is CCOc1cc(-c2ccccc2)sc1C(=O)N(C)CCCC(=O)OC. The largest absolute Gasteiger partial charge is 0.492 e. The number of hydrogen-bond acceptors (Lipinski definition) is 5. The van der Waals surface area contributed by atoms with Crippen molar-refractivity contribution in [1.29, 1.82) is 0 Å². The molecule has 0 aliphatic rings. The van der Waals surface area contributed by atoms with Crippen molar-refractivity contribution >= 4 is 23.2 Å². The maximum absolute atomic E-state index is 12.8. The van der Waals surface area contributed by atoms with E-state index in [1.54, 1.807) is 11.9 Å². The Kier molecular flexibility index (Phi) is 7.01. The summed E-state index contributed by atoms with van der Waals surface area (Å²) >= 11 is 1.43. The average Bonchev–Trinajstić information content (AvgIpc) is 3.05. The van der Waals surface area contributed by atoms with Gasteiger partial charge in [-0.3, -0.25) is 9.59 Å². The minimum atomic E-state index is -0.265. The van der Waals surface area contributed by atoms with Crippen LogP contribution in [-0.4, -0.2) is 44.1 Å². The van der Waals surface area contributed by atoms with Crippen LogP contribution in [0.25, 0.3) is 10.4 Å². The first-order valence-electron chi connectivity index (χ1n) is 8.21. The molecular formula is C19H23NO4S. The van der Waals surface area contributed by atoms with Gasteiger partial charge in [0.1, 0.15) is 10.6 Å². The summed E-state index contributed by atoms with van der Waals surface area (Å²) in [6.07, 6.45) is 0.863. The molecular weight excluding hydrogens is 338 g/mol. The van der Waals surface area contributed by atoms with Crippen LogP contribution < -0.4 is 4.74 Å². The third kappa shape index (κ3) is 5.06. The molecule has 1 heterocycles. The van der Waals surface area contributed by atoms with Crippen molar-refractivity contribution in [2.45, 2.75) is 19.8 Å². The van der Waals surface area contributed by atoms with Crippen molar-refractivity contribution in [1.82, 2.24) is 4.90 Å². The van der Waals surface area contributed by atoms with Crippen LogP contribution in [0.2, 0.25) is 0 Å². The van der Waals surface area contributed by atoms with E-state index >= 15 is 0 Å². The summed E-state index contributed by atoms with van der Waals surface area (Å²) < 4.78 is 10.3. The second-order valence-electron chi connectivity index (χ2n) is 5.51. The van der Waals surface area contributed by atoms with Crippen LogP contribution in [0.3, 0.4) is 0 Å². The topological polar surface area (TPSA) is 55.8 Å². The van der Waals surface area contributed by atoms with Gasteiger partial charge in [0.05, 0.1) is 13.7 Å². The lowest BCUT2D eigenvalue weighted by Gasteiger charge is -2.16. The summed E-state index contributed by atoms with van der Waals surface area (Å²) in [5.41, 5.74) is 1.06. The predicted octanol–water partition coefficient (Wildman–Crippen LogP) is 3.84. The minimum absolute atomic E-state index is 0.0968. The molecule has 1 amide bonds. The molecule has 0 N–H and O–H groups in total. The van der Waals surface area contributed by atoms with E-state index in [1.165, 1.54) is 18.4 Å². The van der Waals surface area contributed by atoms with Gasteiger partial charge in [0.2, 0.25) is 0 Å². The highest BCUT2D eigenvalue weighted by molar-refractivity contribution is 7.17. The fourth-order valence-electron chi connectivity index (χ4n) is 2.37. The highest BCUT2D eigenvalue weighted by atomic mass is 32.1. The molecule has 0 fully saturated rings. The molecule has 0 aliphatic carbocycles. The van der Waals surface area contributed by atoms with E-state index in [0.717, 1.165) is 10.4 Å². The van der Waals surface area contributed by atoms with Gasteiger partial charge in [-0.25, -0.2) is 0 Å². The zero-order chi connectivity index (χ0) is 18.2. The summed E-state index contributed by atoms with van der Waals surface area (Å²) in [6, 6.07) is 11.8. The fraction of sp³-hybridized carbons (Fsp3) is 0.368. The Morgan fingerprint density at radius 1 is 1.20 bits per heavy atom. The number of nitrogens with zero attached hydrogens (tertiary/aromatic N) is 1. The van der Waals surface area contributed by atoms with Gasteiger partial charge in [0, 0.05) is 24.9 Å². The van der Waals surface area contributed by atoms with Crippen molar-refractivity contribution in [3.63, 3.8) is 0 Å². The Bertz CT molecular complexity index is 711. The Morgan fingerprint density at radius 3 is 2.56 bits per heavy atom. The van der Waals surface area contributed by atoms with Crippen molar-refractivity contribution in [3.8, 4) is 16.2 Å². The highest BCUT2D eigenvalue weighted by Crippen LogP contribution is 2.37. The number of carbonyl (C=O) groups is 2. The molecule has 1 aromatic carbocycles. The van der Waals surface area contributed by atoms with Gasteiger partial charge in [-0.15, -0.1) is 11.3 Å². The first-order valence-corrected chi connectivity index (χ1v) is 9.02. The molecule has 2 aromatic rings. The van der Waals surface area contributed by atoms with Crippen LogP contribution in [0.4, 0.5) is 0 Å². The molecule has 0 atom stereocenters. The average molecular weight is 361 g/mol. The lowest BCUT2D eigenvalue weighted by atomic mass is 10.2. The number of carbonyl (C=O) groups excluding carboxylic acids is 2. The maximum atomic E-state index is 12.8. The van der Waals surface area contributed by atoms with Crippen molar-refractivity contribution in [2.24, 2.45) is 0 Å². The predicted molar refractivity (Wildman–Crippen MR) is 99.1 cm³/mol. The molecule has 5 nitrogen and oxygen atoms in total. The van der Waals surface area contributed by atoms with E-state index in [2.05, 4.69) is 4.74 Å². The zero-order valence-electron chi connectivity index (χ0n) is 14.8. The van der Waals surface area contributed by atoms with Gasteiger partial charge in [-0.1, -0.05) is 30.3 Å². The van der Waals surface area contributed by atoms with Crippen LogP contribution in [-0.2, 0) is 9.53 Å². The van der Waals surface area contributed by atoms with E-state index in [0.29, 0.717) is 36.6 Å². The van der Waals surface area contributed by atoms with E-state index in [1.807, 2.05) is 43.3 Å². The van der Waals surface area contributed by atoms with Gasteiger partial charge >= 0.3 is 5.97 Å². The number of ether oxygens (including phenoxy) is 2. The van der Waals surface area contributed by atoms with Crippen LogP contribution in [0.5, 0.6) is 5.75 Å². The molecule has 0 saturated heterocycles. The molecule has 6 heteroatoms. The van der Waals surface area contributed by atoms with Crippen molar-refractivity contribution < 1.29 is 19.1 Å². The molecule has 0 saturated carbocycles. The number of rotatable bonds is 8. The van der Waals surface area contributed by atoms with Crippen LogP contribution in [0, 0.1) is 0 Å². The van der Waals surface area contributed by atoms with Gasteiger partial charge in [0.25, 0.3) is 5.91 Å². The molecule has 134 valence electrons. The number of hydrogen-bond donors (Lipinski definition) is 0. The standard InChI is InChI=1S/C19H23NO4S/c1-4-24-15-13-16(14-9-6-5-7-10-14)25-18(15)19(22)20(2)12-8-11-17(21)23-3/h5-7,9-10,13H,4,8,11-12H2,1-3H3. The molecule has 0 aliphatic heterocycles. The highest BCUT2D eigenvalue weighted by Gasteiger charge is 2.21. The summed E-state index contributed by atoms with van der Waals surface area (Å²) in [5.74, 6) is 0.245. The van der Waals surface area contributed by atoms with Crippen LogP contribution >= 0.6 is 11.3 Å². The number of methoxy groups -OCH3 is 1. The Balaban J connectivity index is 2.14. The van der Waals surface area contributed by atoms with Crippen LogP contribution in [0.15, 0.2) is 36.4 Å². The molecule has 2 rings (SSSR count). The summed E-state index contributed by atoms with van der Waals surface area (Å²) in [7, 11) is 3.10. The lowest BCUT2D eigenvalue weighted by Crippen LogP contribution is -2.27. The smallest absolute Gasteiger partial charge is 0.305 e. The number of benzene rings is 1. The quantitative estimate of drug-likeness (QED) is 0.671. The monoisotopic (exact) mass is 361 g/mol. The zero-order valence-corrected chi connectivity index (χ0v) is 15.6. The van der Waals surface area contributed by atoms with Crippen molar-refractivity contribution in [2.75, 3.05) is 27.3 Å². The molecule has 0 spiro atoms. The molecule has 1 aromatic heterocycles. The van der Waals surface area contributed by atoms with E-state index < -0.39 is 0 Å². The van der Waals surface area contributed by atoms with Crippen LogP contribution in [0.1, 0.15) is 29.4 Å². The maximum Gasteiger partial charge on any atom is 0.305 e. The van der Waals surface area contributed by atoms with Crippen molar-refractivity contribution in [3.05, 3.63) is 41.3 Å². The number of amides is 1. The summed E-state index contributed by atoms with van der Waals surface area (Å²) in [6.45, 7) is 2.88. The summed E-state index contributed by atoms with van der Waals surface area (Å²) in [4.78, 5) is 27.2. The normalized spacial score (nSPS) is 10.4. The first kappa shape index (κ1) is 19.0. The third-order valence-corrected chi connectivity index (χ3v) is 4.85. The lowest BCUT2D eigenvalue weighted by molar-refractivity contribution is -0.140. The first-order chi connectivity index (χ1) is 12.1. The van der Waals surface area contributed by atoms with E-state index in [9.17, 15) is 9.59 Å². The molecule has 25 heavy (non-hydrogen) atoms. The third-order valence-electron chi connectivity index (χ3n) is 3.70. The number of esters is 1. The Hall–Kier alpha value is -2.34. The molecule has 0 unspecified atom stereocenters. The summed E-state index contributed by atoms with van der Waals surface area (Å²) in [5, 5.41) is 0. The van der Waals surface area contributed by atoms with Gasteiger partial charge < -0.3 is 14.4 Å². The minimum Gasteiger partial charge on any atom is -0.492 e. The molecule has 0 radical (unpaired) electrons. The fourth-order valence-corrected chi connectivity index (χ4v) is 3.47. The van der Waals surface area contributed by atoms with Gasteiger partial charge in [0.15, 0.2) is 0 Å². The Morgan fingerprint density at radius 2 is 1.92 bits per heavy atom. The Labute approximate surface area is 152 Å². The van der Waals surface area contributed by atoms with Gasteiger partial charge in [-0.05, 0) is 25.0 Å². The van der Waals surface area contributed by atoms with E-state index in [4.69, 9.17) is 4.74 Å².